The number of aryl methyl sites for hydroxylation is 1. The first-order valence-corrected chi connectivity index (χ1v) is 12.7. The Kier molecular flexibility index (Phi) is 7.12. The standard InChI is InChI=1S/C27H39N5O2/c1-6-7-15-31-26(34)30(18-20(2)3)25(33)27(31)13-16-29(17-14-27)19-24-21(4)28-32(22(24)5)23-11-9-8-10-12-23/h8-12,20H,6-7,13-19H2,1-5H3. The summed E-state index contributed by atoms with van der Waals surface area (Å²) in [4.78, 5) is 32.6. The number of urea groups is 1. The van der Waals surface area contributed by atoms with Gasteiger partial charge in [-0.15, -0.1) is 0 Å². The minimum Gasteiger partial charge on any atom is -0.309 e. The number of unbranched alkanes of at least 4 members (excludes halogenated alkanes) is 1. The molecule has 0 aliphatic carbocycles. The van der Waals surface area contributed by atoms with Gasteiger partial charge in [0, 0.05) is 44.0 Å². The van der Waals surface area contributed by atoms with E-state index in [9.17, 15) is 9.59 Å². The first kappa shape index (κ1) is 24.5. The van der Waals surface area contributed by atoms with Crippen LogP contribution >= 0.6 is 0 Å². The molecule has 2 aromatic rings. The van der Waals surface area contributed by atoms with E-state index < -0.39 is 5.54 Å². The van der Waals surface area contributed by atoms with Gasteiger partial charge in [-0.2, -0.15) is 5.10 Å². The fourth-order valence-electron chi connectivity index (χ4n) is 5.45. The SMILES string of the molecule is CCCCN1C(=O)N(CC(C)C)C(=O)C12CCN(Cc1c(C)nn(-c3ccccc3)c1C)CC2. The average molecular weight is 466 g/mol. The summed E-state index contributed by atoms with van der Waals surface area (Å²) in [5.41, 5.74) is 3.85. The zero-order chi connectivity index (χ0) is 24.5. The van der Waals surface area contributed by atoms with Gasteiger partial charge < -0.3 is 4.90 Å². The lowest BCUT2D eigenvalue weighted by atomic mass is 9.85. The van der Waals surface area contributed by atoms with Crippen LogP contribution in [-0.4, -0.2) is 68.1 Å². The number of hydrogen-bond acceptors (Lipinski definition) is 4. The first-order valence-electron chi connectivity index (χ1n) is 12.7. The topological polar surface area (TPSA) is 61.7 Å². The Balaban J connectivity index is 1.50. The van der Waals surface area contributed by atoms with Gasteiger partial charge in [-0.3, -0.25) is 14.6 Å². The highest BCUT2D eigenvalue weighted by Gasteiger charge is 2.57. The van der Waals surface area contributed by atoms with E-state index in [1.54, 1.807) is 0 Å². The Morgan fingerprint density at radius 3 is 2.35 bits per heavy atom. The van der Waals surface area contributed by atoms with Gasteiger partial charge in [0.15, 0.2) is 0 Å². The number of para-hydroxylation sites is 1. The Morgan fingerprint density at radius 2 is 1.74 bits per heavy atom. The van der Waals surface area contributed by atoms with E-state index in [1.807, 2.05) is 27.8 Å². The molecule has 184 valence electrons. The lowest BCUT2D eigenvalue weighted by molar-refractivity contribution is -0.136. The summed E-state index contributed by atoms with van der Waals surface area (Å²) in [7, 11) is 0. The Labute approximate surface area is 203 Å². The fourth-order valence-corrected chi connectivity index (χ4v) is 5.45. The summed E-state index contributed by atoms with van der Waals surface area (Å²) < 4.78 is 2.02. The second-order valence-electron chi connectivity index (χ2n) is 10.3. The molecule has 2 aliphatic rings. The lowest BCUT2D eigenvalue weighted by Crippen LogP contribution is -2.56. The second kappa shape index (κ2) is 9.90. The summed E-state index contributed by atoms with van der Waals surface area (Å²) in [6, 6.07) is 10.1. The molecule has 34 heavy (non-hydrogen) atoms. The summed E-state index contributed by atoms with van der Waals surface area (Å²) >= 11 is 0. The van der Waals surface area contributed by atoms with E-state index in [-0.39, 0.29) is 17.9 Å². The number of carbonyl (C=O) groups excluding carboxylic acids is 2. The highest BCUT2D eigenvalue weighted by atomic mass is 16.2. The van der Waals surface area contributed by atoms with Crippen LogP contribution in [0.4, 0.5) is 4.79 Å². The van der Waals surface area contributed by atoms with Crippen LogP contribution in [0.25, 0.3) is 5.69 Å². The van der Waals surface area contributed by atoms with Gasteiger partial charge in [0.25, 0.3) is 5.91 Å². The Morgan fingerprint density at radius 1 is 1.06 bits per heavy atom. The molecule has 1 spiro atoms. The zero-order valence-electron chi connectivity index (χ0n) is 21.4. The molecule has 1 aromatic carbocycles. The Bertz CT molecular complexity index is 1020. The molecule has 3 amide bonds. The number of amides is 3. The van der Waals surface area contributed by atoms with E-state index in [0.717, 1.165) is 49.6 Å². The minimum atomic E-state index is -0.671. The van der Waals surface area contributed by atoms with Crippen LogP contribution in [0, 0.1) is 19.8 Å². The molecule has 0 N–H and O–H groups in total. The zero-order valence-corrected chi connectivity index (χ0v) is 21.4. The molecule has 0 atom stereocenters. The van der Waals surface area contributed by atoms with E-state index in [2.05, 4.69) is 51.7 Å². The van der Waals surface area contributed by atoms with Gasteiger partial charge in [-0.05, 0) is 51.2 Å². The van der Waals surface area contributed by atoms with Crippen LogP contribution in [-0.2, 0) is 11.3 Å². The third kappa shape index (κ3) is 4.38. The molecule has 7 heteroatoms. The number of likely N-dealkylation sites (tertiary alicyclic amines) is 1. The monoisotopic (exact) mass is 465 g/mol. The summed E-state index contributed by atoms with van der Waals surface area (Å²) in [6.07, 6.45) is 3.33. The van der Waals surface area contributed by atoms with Crippen molar-refractivity contribution >= 4 is 11.9 Å². The summed E-state index contributed by atoms with van der Waals surface area (Å²) in [6.45, 7) is 14.0. The van der Waals surface area contributed by atoms with Crippen LogP contribution < -0.4 is 0 Å². The van der Waals surface area contributed by atoms with Gasteiger partial charge in [-0.1, -0.05) is 45.4 Å². The number of benzene rings is 1. The maximum atomic E-state index is 13.6. The predicted molar refractivity (Wildman–Crippen MR) is 134 cm³/mol. The molecular weight excluding hydrogens is 426 g/mol. The van der Waals surface area contributed by atoms with E-state index in [1.165, 1.54) is 10.5 Å². The van der Waals surface area contributed by atoms with Crippen molar-refractivity contribution < 1.29 is 9.59 Å². The Hall–Kier alpha value is -2.67. The number of imide groups is 1. The van der Waals surface area contributed by atoms with Crippen molar-refractivity contribution in [1.82, 2.24) is 24.5 Å². The second-order valence-corrected chi connectivity index (χ2v) is 10.3. The lowest BCUT2D eigenvalue weighted by Gasteiger charge is -2.42. The van der Waals surface area contributed by atoms with Crippen LogP contribution in [0.5, 0.6) is 0 Å². The van der Waals surface area contributed by atoms with Crippen molar-refractivity contribution in [3.63, 3.8) is 0 Å². The number of nitrogens with zero attached hydrogens (tertiary/aromatic N) is 5. The molecule has 4 rings (SSSR count). The predicted octanol–water partition coefficient (Wildman–Crippen LogP) is 4.54. The van der Waals surface area contributed by atoms with Gasteiger partial charge in [0.1, 0.15) is 5.54 Å². The molecule has 0 radical (unpaired) electrons. The molecule has 0 unspecified atom stereocenters. The number of carbonyl (C=O) groups is 2. The first-order chi connectivity index (χ1) is 16.3. The highest BCUT2D eigenvalue weighted by Crippen LogP contribution is 2.38. The van der Waals surface area contributed by atoms with E-state index >= 15 is 0 Å². The molecule has 0 saturated carbocycles. The smallest absolute Gasteiger partial charge is 0.309 e. The van der Waals surface area contributed by atoms with E-state index in [4.69, 9.17) is 5.10 Å². The molecule has 2 aliphatic heterocycles. The summed E-state index contributed by atoms with van der Waals surface area (Å²) in [5, 5.41) is 4.80. The van der Waals surface area contributed by atoms with Crippen molar-refractivity contribution in [2.45, 2.75) is 72.4 Å². The van der Waals surface area contributed by atoms with Gasteiger partial charge in [-0.25, -0.2) is 9.48 Å². The van der Waals surface area contributed by atoms with Gasteiger partial charge >= 0.3 is 6.03 Å². The molecule has 2 fully saturated rings. The molecule has 1 aromatic heterocycles. The fraction of sp³-hybridized carbons (Fsp3) is 0.593. The van der Waals surface area contributed by atoms with E-state index in [0.29, 0.717) is 25.9 Å². The van der Waals surface area contributed by atoms with Crippen molar-refractivity contribution in [3.8, 4) is 5.69 Å². The van der Waals surface area contributed by atoms with Crippen LogP contribution in [0.1, 0.15) is 63.4 Å². The van der Waals surface area contributed by atoms with Crippen LogP contribution in [0.15, 0.2) is 30.3 Å². The number of aromatic nitrogens is 2. The normalized spacial score (nSPS) is 18.6. The highest BCUT2D eigenvalue weighted by molar-refractivity contribution is 6.07. The molecule has 2 saturated heterocycles. The maximum absolute atomic E-state index is 13.6. The van der Waals surface area contributed by atoms with Crippen molar-refractivity contribution in [2.24, 2.45) is 5.92 Å². The van der Waals surface area contributed by atoms with Crippen molar-refractivity contribution in [2.75, 3.05) is 26.2 Å². The maximum Gasteiger partial charge on any atom is 0.327 e. The molecule has 3 heterocycles. The minimum absolute atomic E-state index is 0.0196. The summed E-state index contributed by atoms with van der Waals surface area (Å²) in [5.74, 6) is 0.287. The van der Waals surface area contributed by atoms with Crippen molar-refractivity contribution in [1.29, 1.82) is 0 Å². The van der Waals surface area contributed by atoms with Crippen LogP contribution in [0.3, 0.4) is 0 Å². The number of hydrogen-bond donors (Lipinski definition) is 0. The quantitative estimate of drug-likeness (QED) is 0.537. The van der Waals surface area contributed by atoms with Gasteiger partial charge in [0.2, 0.25) is 0 Å². The molecule has 7 nitrogen and oxygen atoms in total. The number of piperidine rings is 1. The third-order valence-electron chi connectivity index (χ3n) is 7.41. The van der Waals surface area contributed by atoms with Gasteiger partial charge in [0.05, 0.1) is 11.4 Å². The third-order valence-corrected chi connectivity index (χ3v) is 7.41. The largest absolute Gasteiger partial charge is 0.327 e. The number of rotatable bonds is 8. The van der Waals surface area contributed by atoms with Crippen LogP contribution in [0.2, 0.25) is 0 Å². The molecule has 0 bridgehead atoms. The average Bonchev–Trinajstić information content (AvgIpc) is 3.20. The van der Waals surface area contributed by atoms with Crippen molar-refractivity contribution in [3.05, 3.63) is 47.3 Å². The molecular formula is C27H39N5O2.